The second kappa shape index (κ2) is 8.32. The van der Waals surface area contributed by atoms with Gasteiger partial charge in [-0.15, -0.1) is 0 Å². The van der Waals surface area contributed by atoms with Crippen LogP contribution < -0.4 is 10.5 Å². The van der Waals surface area contributed by atoms with Crippen LogP contribution in [0.25, 0.3) is 21.9 Å². The third-order valence-electron chi connectivity index (χ3n) is 5.82. The minimum absolute atomic E-state index is 0.483. The van der Waals surface area contributed by atoms with Crippen LogP contribution in [0.15, 0.2) is 54.6 Å². The number of hydrogen-bond donors (Lipinski definition) is 1. The molecule has 1 unspecified atom stereocenters. The predicted octanol–water partition coefficient (Wildman–Crippen LogP) is 4.21. The van der Waals surface area contributed by atoms with Gasteiger partial charge in [-0.2, -0.15) is 0 Å². The standard InChI is InChI=1S/C24H26N4O2/c25-24-22-23(19-8-4-5-9-20(19)26-24)28(13-15-30-18-6-2-1-3-7-18)21(27-22)11-10-17-12-14-29-16-17/h1-9,17H,10-16H2,(H2,25,26). The van der Waals surface area contributed by atoms with Crippen molar-refractivity contribution in [2.45, 2.75) is 25.8 Å². The van der Waals surface area contributed by atoms with Gasteiger partial charge in [0.05, 0.1) is 17.6 Å². The van der Waals surface area contributed by atoms with E-state index in [1.165, 1.54) is 0 Å². The van der Waals surface area contributed by atoms with Gasteiger partial charge in [-0.3, -0.25) is 0 Å². The molecule has 30 heavy (non-hydrogen) atoms. The molecule has 1 atom stereocenters. The van der Waals surface area contributed by atoms with Crippen molar-refractivity contribution in [1.29, 1.82) is 0 Å². The summed E-state index contributed by atoms with van der Waals surface area (Å²) in [6.07, 6.45) is 3.08. The first kappa shape index (κ1) is 18.9. The number of aromatic nitrogens is 3. The van der Waals surface area contributed by atoms with Crippen LogP contribution in [0.4, 0.5) is 5.82 Å². The molecule has 4 aromatic rings. The highest BCUT2D eigenvalue weighted by molar-refractivity contribution is 6.06. The number of aryl methyl sites for hydroxylation is 1. The van der Waals surface area contributed by atoms with E-state index < -0.39 is 0 Å². The number of rotatable bonds is 7. The summed E-state index contributed by atoms with van der Waals surface area (Å²) in [4.78, 5) is 9.50. The van der Waals surface area contributed by atoms with Crippen molar-refractivity contribution >= 4 is 27.8 Å². The highest BCUT2D eigenvalue weighted by Gasteiger charge is 2.20. The molecule has 5 rings (SSSR count). The highest BCUT2D eigenvalue weighted by Crippen LogP contribution is 2.30. The predicted molar refractivity (Wildman–Crippen MR) is 119 cm³/mol. The smallest absolute Gasteiger partial charge is 0.152 e. The second-order valence-corrected chi connectivity index (χ2v) is 7.82. The fourth-order valence-electron chi connectivity index (χ4n) is 4.25. The lowest BCUT2D eigenvalue weighted by Gasteiger charge is -2.13. The maximum absolute atomic E-state index is 6.30. The molecule has 2 aromatic heterocycles. The van der Waals surface area contributed by atoms with Gasteiger partial charge < -0.3 is 19.8 Å². The number of nitrogen functional groups attached to an aromatic ring is 1. The molecule has 0 spiro atoms. The summed E-state index contributed by atoms with van der Waals surface area (Å²) >= 11 is 0. The van der Waals surface area contributed by atoms with E-state index in [9.17, 15) is 0 Å². The van der Waals surface area contributed by atoms with Gasteiger partial charge in [-0.1, -0.05) is 36.4 Å². The monoisotopic (exact) mass is 402 g/mol. The van der Waals surface area contributed by atoms with Crippen LogP contribution in [0.3, 0.4) is 0 Å². The topological polar surface area (TPSA) is 75.2 Å². The SMILES string of the molecule is Nc1nc2ccccc2c2c1nc(CCC1CCOC1)n2CCOc1ccccc1. The summed E-state index contributed by atoms with van der Waals surface area (Å²) in [7, 11) is 0. The van der Waals surface area contributed by atoms with E-state index >= 15 is 0 Å². The number of fused-ring (bicyclic) bond motifs is 3. The summed E-state index contributed by atoms with van der Waals surface area (Å²) in [5.74, 6) is 3.00. The first-order valence-electron chi connectivity index (χ1n) is 10.6. The van der Waals surface area contributed by atoms with E-state index in [1.54, 1.807) is 0 Å². The van der Waals surface area contributed by atoms with Crippen molar-refractivity contribution in [3.05, 3.63) is 60.4 Å². The van der Waals surface area contributed by atoms with Crippen LogP contribution in [0, 0.1) is 5.92 Å². The van der Waals surface area contributed by atoms with Crippen molar-refractivity contribution in [2.75, 3.05) is 25.6 Å². The summed E-state index contributed by atoms with van der Waals surface area (Å²) < 4.78 is 13.8. The largest absolute Gasteiger partial charge is 0.492 e. The van der Waals surface area contributed by atoms with Gasteiger partial charge in [0.2, 0.25) is 0 Å². The molecular weight excluding hydrogens is 376 g/mol. The average Bonchev–Trinajstić information content (AvgIpc) is 3.42. The minimum Gasteiger partial charge on any atom is -0.492 e. The Morgan fingerprint density at radius 1 is 1.07 bits per heavy atom. The molecule has 6 nitrogen and oxygen atoms in total. The Hall–Kier alpha value is -3.12. The molecule has 1 fully saturated rings. The third kappa shape index (κ3) is 3.71. The lowest BCUT2D eigenvalue weighted by atomic mass is 10.0. The van der Waals surface area contributed by atoms with Crippen molar-refractivity contribution in [1.82, 2.24) is 14.5 Å². The van der Waals surface area contributed by atoms with Crippen LogP contribution >= 0.6 is 0 Å². The second-order valence-electron chi connectivity index (χ2n) is 7.82. The first-order chi connectivity index (χ1) is 14.8. The number of anilines is 1. The third-order valence-corrected chi connectivity index (χ3v) is 5.82. The van der Waals surface area contributed by atoms with Gasteiger partial charge in [0.25, 0.3) is 0 Å². The molecule has 6 heteroatoms. The lowest BCUT2D eigenvalue weighted by molar-refractivity contribution is 0.184. The number of nitrogens with zero attached hydrogens (tertiary/aromatic N) is 3. The number of ether oxygens (including phenoxy) is 2. The molecule has 0 amide bonds. The van der Waals surface area contributed by atoms with Gasteiger partial charge in [-0.05, 0) is 37.0 Å². The molecule has 1 aliphatic rings. The Morgan fingerprint density at radius 2 is 1.90 bits per heavy atom. The van der Waals surface area contributed by atoms with Crippen LogP contribution in [0.5, 0.6) is 5.75 Å². The maximum Gasteiger partial charge on any atom is 0.152 e. The minimum atomic E-state index is 0.483. The fraction of sp³-hybridized carbons (Fsp3) is 0.333. The zero-order valence-corrected chi connectivity index (χ0v) is 17.0. The van der Waals surface area contributed by atoms with Crippen LogP contribution in [-0.4, -0.2) is 34.4 Å². The van der Waals surface area contributed by atoms with E-state index in [-0.39, 0.29) is 0 Å². The molecule has 0 radical (unpaired) electrons. The maximum atomic E-state index is 6.30. The van der Waals surface area contributed by atoms with Crippen LogP contribution in [0.2, 0.25) is 0 Å². The molecule has 3 heterocycles. The first-order valence-corrected chi connectivity index (χ1v) is 10.6. The van der Waals surface area contributed by atoms with Crippen molar-refractivity contribution in [3.8, 4) is 5.75 Å². The number of para-hydroxylation sites is 2. The molecule has 154 valence electrons. The fourth-order valence-corrected chi connectivity index (χ4v) is 4.25. The molecule has 0 bridgehead atoms. The summed E-state index contributed by atoms with van der Waals surface area (Å²) in [6, 6.07) is 18.0. The molecule has 1 saturated heterocycles. The normalized spacial score (nSPS) is 16.5. The number of hydrogen-bond acceptors (Lipinski definition) is 5. The Morgan fingerprint density at radius 3 is 2.73 bits per heavy atom. The molecule has 2 aromatic carbocycles. The van der Waals surface area contributed by atoms with Gasteiger partial charge in [-0.25, -0.2) is 9.97 Å². The molecule has 2 N–H and O–H groups in total. The van der Waals surface area contributed by atoms with E-state index in [1.807, 2.05) is 48.5 Å². The van der Waals surface area contributed by atoms with Gasteiger partial charge in [0.1, 0.15) is 23.7 Å². The Bertz CT molecular complexity index is 1150. The highest BCUT2D eigenvalue weighted by atomic mass is 16.5. The number of pyridine rings is 1. The van der Waals surface area contributed by atoms with Crippen LogP contribution in [0.1, 0.15) is 18.7 Å². The van der Waals surface area contributed by atoms with E-state index in [4.69, 9.17) is 20.2 Å². The Labute approximate surface area is 175 Å². The quantitative estimate of drug-likeness (QED) is 0.501. The van der Waals surface area contributed by atoms with Gasteiger partial charge in [0, 0.05) is 25.0 Å². The molecule has 0 saturated carbocycles. The average molecular weight is 402 g/mol. The zero-order chi connectivity index (χ0) is 20.3. The summed E-state index contributed by atoms with van der Waals surface area (Å²) in [6.45, 7) is 2.98. The summed E-state index contributed by atoms with van der Waals surface area (Å²) in [5.41, 5.74) is 9.03. The molecular formula is C24H26N4O2. The number of imidazole rings is 1. The number of nitrogens with two attached hydrogens (primary N) is 1. The van der Waals surface area contributed by atoms with Crippen molar-refractivity contribution in [3.63, 3.8) is 0 Å². The molecule has 1 aliphatic heterocycles. The Kier molecular flexibility index (Phi) is 5.24. The lowest BCUT2D eigenvalue weighted by Crippen LogP contribution is -2.13. The van der Waals surface area contributed by atoms with Gasteiger partial charge >= 0.3 is 0 Å². The van der Waals surface area contributed by atoms with Crippen LogP contribution in [-0.2, 0) is 17.7 Å². The molecule has 0 aliphatic carbocycles. The van der Waals surface area contributed by atoms with Crippen molar-refractivity contribution in [2.24, 2.45) is 5.92 Å². The van der Waals surface area contributed by atoms with E-state index in [2.05, 4.69) is 15.6 Å². The summed E-state index contributed by atoms with van der Waals surface area (Å²) in [5, 5.41) is 1.07. The number of benzene rings is 2. The zero-order valence-electron chi connectivity index (χ0n) is 17.0. The van der Waals surface area contributed by atoms with E-state index in [0.717, 1.165) is 66.0 Å². The van der Waals surface area contributed by atoms with E-state index in [0.29, 0.717) is 24.9 Å². The van der Waals surface area contributed by atoms with Gasteiger partial charge in [0.15, 0.2) is 5.82 Å². The Balaban J connectivity index is 1.50. The van der Waals surface area contributed by atoms with Crippen molar-refractivity contribution < 1.29 is 9.47 Å².